The second-order valence-electron chi connectivity index (χ2n) is 3.58. The van der Waals surface area contributed by atoms with Gasteiger partial charge in [0.2, 0.25) is 5.91 Å². The number of anilines is 2. The lowest BCUT2D eigenvalue weighted by Crippen LogP contribution is -2.12. The van der Waals surface area contributed by atoms with Gasteiger partial charge in [0.15, 0.2) is 0 Å². The van der Waals surface area contributed by atoms with Crippen molar-refractivity contribution in [1.82, 2.24) is 0 Å². The number of benzene rings is 1. The molecule has 1 rings (SSSR count). The first-order valence-electron chi connectivity index (χ1n) is 5.46. The molecule has 0 aliphatic rings. The van der Waals surface area contributed by atoms with Gasteiger partial charge in [0.05, 0.1) is 7.11 Å². The van der Waals surface area contributed by atoms with Gasteiger partial charge in [0, 0.05) is 18.3 Å². The maximum absolute atomic E-state index is 11.3. The van der Waals surface area contributed by atoms with Gasteiger partial charge in [0.25, 0.3) is 0 Å². The molecule has 0 saturated carbocycles. The molecule has 96 valence electrons. The molecule has 0 aliphatic heterocycles. The first-order chi connectivity index (χ1) is 8.56. The van der Waals surface area contributed by atoms with Gasteiger partial charge in [-0.15, -0.1) is 0 Å². The van der Waals surface area contributed by atoms with Crippen LogP contribution in [0.5, 0.6) is 0 Å². The third-order valence-corrected chi connectivity index (χ3v) is 2.18. The summed E-state index contributed by atoms with van der Waals surface area (Å²) < 4.78 is 4.63. The SMILES string of the molecule is CC=C(Nc1ccc(NC(C)=O)cc1)C(=O)OC. The van der Waals surface area contributed by atoms with Gasteiger partial charge in [-0.2, -0.15) is 0 Å². The van der Waals surface area contributed by atoms with Crippen LogP contribution in [0.4, 0.5) is 11.4 Å². The maximum Gasteiger partial charge on any atom is 0.354 e. The predicted molar refractivity (Wildman–Crippen MR) is 70.1 cm³/mol. The summed E-state index contributed by atoms with van der Waals surface area (Å²) in [6.45, 7) is 3.19. The van der Waals surface area contributed by atoms with Crippen LogP contribution in [0.2, 0.25) is 0 Å². The molecule has 1 amide bonds. The van der Waals surface area contributed by atoms with E-state index in [1.807, 2.05) is 0 Å². The first kappa shape index (κ1) is 13.8. The third-order valence-electron chi connectivity index (χ3n) is 2.18. The normalized spacial score (nSPS) is 10.7. The number of allylic oxidation sites excluding steroid dienone is 1. The number of ether oxygens (including phenoxy) is 1. The van der Waals surface area contributed by atoms with E-state index in [1.165, 1.54) is 14.0 Å². The summed E-state index contributed by atoms with van der Waals surface area (Å²) in [5.41, 5.74) is 1.81. The Bertz CT molecular complexity index is 464. The Balaban J connectivity index is 2.74. The Morgan fingerprint density at radius 2 is 1.61 bits per heavy atom. The molecule has 0 heterocycles. The average molecular weight is 248 g/mol. The van der Waals surface area contributed by atoms with Gasteiger partial charge in [-0.05, 0) is 31.2 Å². The van der Waals surface area contributed by atoms with E-state index in [4.69, 9.17) is 0 Å². The maximum atomic E-state index is 11.3. The van der Waals surface area contributed by atoms with E-state index in [2.05, 4.69) is 15.4 Å². The fraction of sp³-hybridized carbons (Fsp3) is 0.231. The summed E-state index contributed by atoms with van der Waals surface area (Å²) in [5, 5.41) is 5.59. The van der Waals surface area contributed by atoms with E-state index >= 15 is 0 Å². The summed E-state index contributed by atoms with van der Waals surface area (Å²) in [6.07, 6.45) is 1.63. The number of hydrogen-bond acceptors (Lipinski definition) is 4. The molecule has 18 heavy (non-hydrogen) atoms. The molecular formula is C13H16N2O3. The van der Waals surface area contributed by atoms with Crippen molar-refractivity contribution in [3.05, 3.63) is 36.0 Å². The fourth-order valence-electron chi connectivity index (χ4n) is 1.35. The molecule has 0 fully saturated rings. The third kappa shape index (κ3) is 3.93. The topological polar surface area (TPSA) is 67.4 Å². The number of methoxy groups -OCH3 is 1. The molecular weight excluding hydrogens is 232 g/mol. The van der Waals surface area contributed by atoms with Crippen molar-refractivity contribution in [3.63, 3.8) is 0 Å². The number of nitrogens with one attached hydrogen (secondary N) is 2. The largest absolute Gasteiger partial charge is 0.464 e. The highest BCUT2D eigenvalue weighted by atomic mass is 16.5. The minimum Gasteiger partial charge on any atom is -0.464 e. The number of hydrogen-bond donors (Lipinski definition) is 2. The quantitative estimate of drug-likeness (QED) is 0.632. The summed E-state index contributed by atoms with van der Waals surface area (Å²) in [7, 11) is 1.33. The van der Waals surface area contributed by atoms with Crippen LogP contribution in [-0.2, 0) is 14.3 Å². The predicted octanol–water partition coefficient (Wildman–Crippen LogP) is 2.13. The first-order valence-corrected chi connectivity index (χ1v) is 5.46. The number of carbonyl (C=O) groups excluding carboxylic acids is 2. The van der Waals surface area contributed by atoms with Crippen LogP contribution in [0.3, 0.4) is 0 Å². The van der Waals surface area contributed by atoms with Crippen LogP contribution in [-0.4, -0.2) is 19.0 Å². The van der Waals surface area contributed by atoms with Crippen molar-refractivity contribution in [2.75, 3.05) is 17.7 Å². The van der Waals surface area contributed by atoms with Gasteiger partial charge in [-0.3, -0.25) is 4.79 Å². The van der Waals surface area contributed by atoms with Gasteiger partial charge < -0.3 is 15.4 Å². The summed E-state index contributed by atoms with van der Waals surface area (Å²) in [4.78, 5) is 22.2. The van der Waals surface area contributed by atoms with Crippen molar-refractivity contribution in [1.29, 1.82) is 0 Å². The number of amides is 1. The van der Waals surface area contributed by atoms with Crippen LogP contribution in [0.15, 0.2) is 36.0 Å². The Morgan fingerprint density at radius 1 is 1.11 bits per heavy atom. The van der Waals surface area contributed by atoms with E-state index in [0.717, 1.165) is 5.69 Å². The standard InChI is InChI=1S/C13H16N2O3/c1-4-12(13(17)18-3)15-11-7-5-10(6-8-11)14-9(2)16/h4-8,15H,1-3H3,(H,14,16). The van der Waals surface area contributed by atoms with Crippen molar-refractivity contribution in [3.8, 4) is 0 Å². The zero-order chi connectivity index (χ0) is 13.5. The highest BCUT2D eigenvalue weighted by Crippen LogP contribution is 2.15. The summed E-state index contributed by atoms with van der Waals surface area (Å²) in [5.74, 6) is -0.553. The van der Waals surface area contributed by atoms with Crippen molar-refractivity contribution < 1.29 is 14.3 Å². The van der Waals surface area contributed by atoms with Crippen molar-refractivity contribution in [2.45, 2.75) is 13.8 Å². The molecule has 0 aliphatic carbocycles. The van der Waals surface area contributed by atoms with E-state index in [-0.39, 0.29) is 5.91 Å². The van der Waals surface area contributed by atoms with E-state index in [9.17, 15) is 9.59 Å². The summed E-state index contributed by atoms with van der Waals surface area (Å²) >= 11 is 0. The minimum atomic E-state index is -0.427. The van der Waals surface area contributed by atoms with Crippen LogP contribution in [0.1, 0.15) is 13.8 Å². The van der Waals surface area contributed by atoms with E-state index in [1.54, 1.807) is 37.3 Å². The molecule has 5 heteroatoms. The second kappa shape index (κ2) is 6.44. The smallest absolute Gasteiger partial charge is 0.354 e. The molecule has 0 atom stereocenters. The molecule has 0 bridgehead atoms. The summed E-state index contributed by atoms with van der Waals surface area (Å²) in [6, 6.07) is 7.01. The number of carbonyl (C=O) groups is 2. The lowest BCUT2D eigenvalue weighted by Gasteiger charge is -2.09. The zero-order valence-electron chi connectivity index (χ0n) is 10.6. The van der Waals surface area contributed by atoms with Crippen LogP contribution in [0.25, 0.3) is 0 Å². The van der Waals surface area contributed by atoms with E-state index in [0.29, 0.717) is 11.4 Å². The van der Waals surface area contributed by atoms with E-state index < -0.39 is 5.97 Å². The van der Waals surface area contributed by atoms with Crippen molar-refractivity contribution >= 4 is 23.3 Å². The molecule has 0 saturated heterocycles. The van der Waals surface area contributed by atoms with Crippen LogP contribution < -0.4 is 10.6 Å². The van der Waals surface area contributed by atoms with Crippen LogP contribution in [0, 0.1) is 0 Å². The molecule has 0 aromatic heterocycles. The van der Waals surface area contributed by atoms with Gasteiger partial charge in [0.1, 0.15) is 5.70 Å². The molecule has 5 nitrogen and oxygen atoms in total. The Labute approximate surface area is 106 Å². The lowest BCUT2D eigenvalue weighted by molar-refractivity contribution is -0.135. The number of esters is 1. The fourth-order valence-corrected chi connectivity index (χ4v) is 1.35. The van der Waals surface area contributed by atoms with Crippen LogP contribution >= 0.6 is 0 Å². The number of rotatable bonds is 4. The molecule has 0 unspecified atom stereocenters. The molecule has 1 aromatic rings. The Hall–Kier alpha value is -2.30. The molecule has 0 spiro atoms. The lowest BCUT2D eigenvalue weighted by atomic mass is 10.2. The Kier molecular flexibility index (Phi) is 4.92. The highest BCUT2D eigenvalue weighted by Gasteiger charge is 2.08. The monoisotopic (exact) mass is 248 g/mol. The minimum absolute atomic E-state index is 0.126. The molecule has 1 aromatic carbocycles. The molecule has 2 N–H and O–H groups in total. The average Bonchev–Trinajstić information content (AvgIpc) is 2.36. The molecule has 0 radical (unpaired) electrons. The second-order valence-corrected chi connectivity index (χ2v) is 3.58. The van der Waals surface area contributed by atoms with Gasteiger partial charge in [-0.25, -0.2) is 4.79 Å². The van der Waals surface area contributed by atoms with Crippen molar-refractivity contribution in [2.24, 2.45) is 0 Å². The van der Waals surface area contributed by atoms with Gasteiger partial charge in [-0.1, -0.05) is 6.08 Å². The highest BCUT2D eigenvalue weighted by molar-refractivity contribution is 5.92. The van der Waals surface area contributed by atoms with Gasteiger partial charge >= 0.3 is 5.97 Å². The zero-order valence-corrected chi connectivity index (χ0v) is 10.6. The Morgan fingerprint density at radius 3 is 2.00 bits per heavy atom.